The molecule has 3 nitrogen and oxygen atoms in total. The number of benzene rings is 1. The molecule has 2 N–H and O–H groups in total. The van der Waals surface area contributed by atoms with E-state index >= 15 is 0 Å². The summed E-state index contributed by atoms with van der Waals surface area (Å²) < 4.78 is 0. The zero-order valence-electron chi connectivity index (χ0n) is 7.61. The highest BCUT2D eigenvalue weighted by Gasteiger charge is 2.09. The Labute approximate surface area is 86.9 Å². The summed E-state index contributed by atoms with van der Waals surface area (Å²) in [5.74, 6) is -0.0833. The van der Waals surface area contributed by atoms with Crippen LogP contribution in [-0.4, -0.2) is 16.0 Å². The number of allylic oxidation sites excluding steroid dienone is 2. The topological polar surface area (TPSA) is 52.8 Å². The largest absolute Gasteiger partial charge is 0.506 e. The summed E-state index contributed by atoms with van der Waals surface area (Å²) in [7, 11) is 0. The van der Waals surface area contributed by atoms with Gasteiger partial charge in [-0.25, -0.2) is 0 Å². The van der Waals surface area contributed by atoms with Crippen LogP contribution in [0.15, 0.2) is 35.5 Å². The number of halogens is 1. The van der Waals surface area contributed by atoms with Crippen molar-refractivity contribution in [3.8, 4) is 5.75 Å². The second-order valence-electron chi connectivity index (χ2n) is 2.62. The lowest BCUT2D eigenvalue weighted by atomic mass is 10.1. The van der Waals surface area contributed by atoms with E-state index < -0.39 is 0 Å². The van der Waals surface area contributed by atoms with Crippen molar-refractivity contribution in [3.05, 3.63) is 40.9 Å². The van der Waals surface area contributed by atoms with E-state index in [1.165, 1.54) is 0 Å². The first-order valence-electron chi connectivity index (χ1n) is 4.03. The fourth-order valence-corrected chi connectivity index (χ4v) is 1.23. The lowest BCUT2D eigenvalue weighted by molar-refractivity contribution is 0.319. The van der Waals surface area contributed by atoms with Gasteiger partial charge in [0.2, 0.25) is 0 Å². The van der Waals surface area contributed by atoms with Crippen LogP contribution < -0.4 is 0 Å². The van der Waals surface area contributed by atoms with Crippen LogP contribution in [0.2, 0.25) is 5.02 Å². The minimum absolute atomic E-state index is 0.0833. The van der Waals surface area contributed by atoms with Crippen LogP contribution >= 0.6 is 11.6 Å². The Bertz CT molecular complexity index is 386. The molecule has 74 valence electrons. The summed E-state index contributed by atoms with van der Waals surface area (Å²) >= 11 is 5.70. The number of phenols is 1. The van der Waals surface area contributed by atoms with E-state index in [0.717, 1.165) is 0 Å². The van der Waals surface area contributed by atoms with Gasteiger partial charge in [-0.15, -0.1) is 0 Å². The Morgan fingerprint density at radius 1 is 1.50 bits per heavy atom. The third kappa shape index (κ3) is 2.06. The maximum absolute atomic E-state index is 9.57. The maximum Gasteiger partial charge on any atom is 0.143 e. The van der Waals surface area contributed by atoms with Gasteiger partial charge in [-0.2, -0.15) is 0 Å². The molecule has 0 bridgehead atoms. The molecule has 0 aliphatic heterocycles. The monoisotopic (exact) mass is 211 g/mol. The third-order valence-electron chi connectivity index (χ3n) is 1.70. The number of hydrogen-bond donors (Lipinski definition) is 2. The van der Waals surface area contributed by atoms with Gasteiger partial charge in [-0.05, 0) is 25.1 Å². The average Bonchev–Trinajstić information content (AvgIpc) is 2.19. The van der Waals surface area contributed by atoms with Crippen LogP contribution in [0.25, 0.3) is 0 Å². The molecule has 0 aliphatic rings. The van der Waals surface area contributed by atoms with E-state index in [-0.39, 0.29) is 16.5 Å². The standard InChI is InChI=1S/C10H10ClNO2/c1-2-4-9(12-14)7-5-3-6-8(11)10(7)13/h2-6,13-14H,1H3/b4-2+,12-9-. The number of nitrogens with zero attached hydrogens (tertiary/aromatic N) is 1. The maximum atomic E-state index is 9.57. The Balaban J connectivity index is 3.24. The molecular weight excluding hydrogens is 202 g/mol. The van der Waals surface area contributed by atoms with Gasteiger partial charge in [0.15, 0.2) is 0 Å². The van der Waals surface area contributed by atoms with Crippen molar-refractivity contribution < 1.29 is 10.3 Å². The van der Waals surface area contributed by atoms with Crippen LogP contribution in [0.3, 0.4) is 0 Å². The SMILES string of the molecule is C/C=C/C(=N/O)c1cccc(Cl)c1O. The fraction of sp³-hybridized carbons (Fsp3) is 0.100. The van der Waals surface area contributed by atoms with E-state index in [2.05, 4.69) is 5.16 Å². The van der Waals surface area contributed by atoms with Gasteiger partial charge in [0.05, 0.1) is 5.02 Å². The van der Waals surface area contributed by atoms with Gasteiger partial charge in [0, 0.05) is 5.56 Å². The third-order valence-corrected chi connectivity index (χ3v) is 2.00. The second kappa shape index (κ2) is 4.67. The second-order valence-corrected chi connectivity index (χ2v) is 3.03. The molecule has 1 aromatic rings. The minimum Gasteiger partial charge on any atom is -0.506 e. The number of hydrogen-bond acceptors (Lipinski definition) is 3. The van der Waals surface area contributed by atoms with Crippen LogP contribution in [0.1, 0.15) is 12.5 Å². The van der Waals surface area contributed by atoms with Gasteiger partial charge in [0.1, 0.15) is 11.5 Å². The number of oxime groups is 1. The summed E-state index contributed by atoms with van der Waals surface area (Å²) in [5, 5.41) is 21.6. The normalized spacial score (nSPS) is 12.3. The molecule has 0 radical (unpaired) electrons. The molecule has 0 fully saturated rings. The minimum atomic E-state index is -0.0833. The van der Waals surface area contributed by atoms with Gasteiger partial charge in [-0.1, -0.05) is 28.9 Å². The molecule has 14 heavy (non-hydrogen) atoms. The predicted molar refractivity (Wildman–Crippen MR) is 56.3 cm³/mol. The van der Waals surface area contributed by atoms with Crippen molar-refractivity contribution in [2.45, 2.75) is 6.92 Å². The number of para-hydroxylation sites is 1. The van der Waals surface area contributed by atoms with Crippen LogP contribution in [0.4, 0.5) is 0 Å². The van der Waals surface area contributed by atoms with Crippen molar-refractivity contribution in [1.82, 2.24) is 0 Å². The number of aromatic hydroxyl groups is 1. The van der Waals surface area contributed by atoms with Crippen LogP contribution in [0, 0.1) is 0 Å². The van der Waals surface area contributed by atoms with Gasteiger partial charge < -0.3 is 10.3 Å². The van der Waals surface area contributed by atoms with Crippen molar-refractivity contribution in [1.29, 1.82) is 0 Å². The van der Waals surface area contributed by atoms with Crippen molar-refractivity contribution in [2.75, 3.05) is 0 Å². The Morgan fingerprint density at radius 3 is 2.79 bits per heavy atom. The Kier molecular flexibility index (Phi) is 3.54. The molecule has 0 aromatic heterocycles. The van der Waals surface area contributed by atoms with Crippen molar-refractivity contribution in [2.24, 2.45) is 5.16 Å². The average molecular weight is 212 g/mol. The molecular formula is C10H10ClNO2. The molecule has 4 heteroatoms. The Morgan fingerprint density at radius 2 is 2.21 bits per heavy atom. The molecule has 0 saturated carbocycles. The van der Waals surface area contributed by atoms with E-state index in [1.54, 1.807) is 37.3 Å². The van der Waals surface area contributed by atoms with E-state index in [4.69, 9.17) is 16.8 Å². The summed E-state index contributed by atoms with van der Waals surface area (Å²) in [4.78, 5) is 0. The Hall–Kier alpha value is -1.48. The molecule has 0 spiro atoms. The van der Waals surface area contributed by atoms with E-state index in [0.29, 0.717) is 5.56 Å². The zero-order valence-corrected chi connectivity index (χ0v) is 8.36. The van der Waals surface area contributed by atoms with Crippen LogP contribution in [0.5, 0.6) is 5.75 Å². The predicted octanol–water partition coefficient (Wildman–Crippen LogP) is 2.80. The summed E-state index contributed by atoms with van der Waals surface area (Å²) in [6.45, 7) is 1.78. The number of phenolic OH excluding ortho intramolecular Hbond substituents is 1. The molecule has 1 aromatic carbocycles. The highest BCUT2D eigenvalue weighted by atomic mass is 35.5. The fourth-order valence-electron chi connectivity index (χ4n) is 1.06. The molecule has 1 rings (SSSR count). The lowest BCUT2D eigenvalue weighted by Gasteiger charge is -2.03. The van der Waals surface area contributed by atoms with Crippen LogP contribution in [-0.2, 0) is 0 Å². The summed E-state index contributed by atoms with van der Waals surface area (Å²) in [6.07, 6.45) is 3.28. The first kappa shape index (κ1) is 10.6. The van der Waals surface area contributed by atoms with E-state index in [1.807, 2.05) is 0 Å². The van der Waals surface area contributed by atoms with Crippen molar-refractivity contribution >= 4 is 17.3 Å². The van der Waals surface area contributed by atoms with Gasteiger partial charge >= 0.3 is 0 Å². The molecule has 0 aliphatic carbocycles. The molecule has 0 heterocycles. The quantitative estimate of drug-likeness (QED) is 0.449. The molecule has 0 unspecified atom stereocenters. The molecule has 0 amide bonds. The molecule has 0 atom stereocenters. The first-order chi connectivity index (χ1) is 6.70. The highest BCUT2D eigenvalue weighted by Crippen LogP contribution is 2.27. The number of rotatable bonds is 2. The smallest absolute Gasteiger partial charge is 0.143 e. The highest BCUT2D eigenvalue weighted by molar-refractivity contribution is 6.33. The molecule has 0 saturated heterocycles. The lowest BCUT2D eigenvalue weighted by Crippen LogP contribution is -1.97. The zero-order chi connectivity index (χ0) is 10.6. The van der Waals surface area contributed by atoms with Gasteiger partial charge in [-0.3, -0.25) is 0 Å². The summed E-state index contributed by atoms with van der Waals surface area (Å²) in [6, 6.07) is 4.85. The van der Waals surface area contributed by atoms with Gasteiger partial charge in [0.25, 0.3) is 0 Å². The summed E-state index contributed by atoms with van der Waals surface area (Å²) in [5.41, 5.74) is 0.672. The van der Waals surface area contributed by atoms with Crippen molar-refractivity contribution in [3.63, 3.8) is 0 Å². The van der Waals surface area contributed by atoms with E-state index in [9.17, 15) is 5.11 Å². The first-order valence-corrected chi connectivity index (χ1v) is 4.41.